The number of benzene rings is 1. The third-order valence-electron chi connectivity index (χ3n) is 3.04. The van der Waals surface area contributed by atoms with Crippen LogP contribution in [-0.4, -0.2) is 13.1 Å². The summed E-state index contributed by atoms with van der Waals surface area (Å²) in [5, 5.41) is 0. The topological polar surface area (TPSA) is 35.5 Å². The second kappa shape index (κ2) is 5.32. The molecular weight excluding hydrogens is 216 g/mol. The van der Waals surface area contributed by atoms with E-state index in [9.17, 15) is 4.79 Å². The van der Waals surface area contributed by atoms with Crippen molar-refractivity contribution in [3.8, 4) is 0 Å². The summed E-state index contributed by atoms with van der Waals surface area (Å²) >= 11 is 0. The summed E-state index contributed by atoms with van der Waals surface area (Å²) < 4.78 is 10.2. The first-order chi connectivity index (χ1) is 8.26. The van der Waals surface area contributed by atoms with Gasteiger partial charge < -0.3 is 9.47 Å². The zero-order valence-corrected chi connectivity index (χ0v) is 10.4. The number of hydrogen-bond acceptors (Lipinski definition) is 3. The Kier molecular flexibility index (Phi) is 3.79. The van der Waals surface area contributed by atoms with Gasteiger partial charge in [-0.3, -0.25) is 0 Å². The van der Waals surface area contributed by atoms with Gasteiger partial charge in [0.15, 0.2) is 0 Å². The van der Waals surface area contributed by atoms with Crippen LogP contribution < -0.4 is 0 Å². The van der Waals surface area contributed by atoms with E-state index in [1.807, 2.05) is 0 Å². The van der Waals surface area contributed by atoms with Crippen molar-refractivity contribution in [1.82, 2.24) is 0 Å². The largest absolute Gasteiger partial charge is 0.457 e. The van der Waals surface area contributed by atoms with Crippen LogP contribution >= 0.6 is 0 Å². The molecule has 0 unspecified atom stereocenters. The number of rotatable bonds is 5. The Morgan fingerprint density at radius 2 is 2.24 bits per heavy atom. The van der Waals surface area contributed by atoms with Gasteiger partial charge in [0.25, 0.3) is 0 Å². The molecule has 17 heavy (non-hydrogen) atoms. The van der Waals surface area contributed by atoms with E-state index in [1.54, 1.807) is 7.11 Å². The molecule has 0 fully saturated rings. The SMILES string of the molecule is CCCCc1cc(COC)c2c(c1)COC2=O. The Hall–Kier alpha value is -1.35. The van der Waals surface area contributed by atoms with Crippen LogP contribution in [0.1, 0.15) is 46.8 Å². The van der Waals surface area contributed by atoms with Crippen molar-refractivity contribution in [3.05, 3.63) is 34.4 Å². The van der Waals surface area contributed by atoms with Crippen molar-refractivity contribution in [3.63, 3.8) is 0 Å². The number of ether oxygens (including phenoxy) is 2. The van der Waals surface area contributed by atoms with Gasteiger partial charge in [0.1, 0.15) is 6.61 Å². The molecular formula is C14H18O3. The molecule has 1 heterocycles. The fraction of sp³-hybridized carbons (Fsp3) is 0.500. The van der Waals surface area contributed by atoms with E-state index >= 15 is 0 Å². The van der Waals surface area contributed by atoms with Crippen LogP contribution in [0.2, 0.25) is 0 Å². The molecule has 1 aliphatic rings. The molecule has 1 aliphatic heterocycles. The van der Waals surface area contributed by atoms with Gasteiger partial charge >= 0.3 is 5.97 Å². The molecule has 1 aromatic rings. The minimum absolute atomic E-state index is 0.214. The van der Waals surface area contributed by atoms with Gasteiger partial charge in [0.05, 0.1) is 12.2 Å². The number of aryl methyl sites for hydroxylation is 1. The first-order valence-corrected chi connectivity index (χ1v) is 6.07. The zero-order valence-electron chi connectivity index (χ0n) is 10.4. The Morgan fingerprint density at radius 3 is 2.94 bits per heavy atom. The predicted octanol–water partition coefficient (Wildman–Crippen LogP) is 2.85. The van der Waals surface area contributed by atoms with E-state index in [0.717, 1.165) is 17.5 Å². The Morgan fingerprint density at radius 1 is 1.41 bits per heavy atom. The van der Waals surface area contributed by atoms with Crippen molar-refractivity contribution in [2.45, 2.75) is 39.4 Å². The van der Waals surface area contributed by atoms with Crippen LogP contribution in [0.15, 0.2) is 12.1 Å². The molecule has 0 saturated heterocycles. The van der Waals surface area contributed by atoms with Crippen molar-refractivity contribution in [2.24, 2.45) is 0 Å². The van der Waals surface area contributed by atoms with Gasteiger partial charge in [-0.25, -0.2) is 4.79 Å². The van der Waals surface area contributed by atoms with Gasteiger partial charge in [-0.1, -0.05) is 25.5 Å². The summed E-state index contributed by atoms with van der Waals surface area (Å²) in [6, 6.07) is 4.17. The smallest absolute Gasteiger partial charge is 0.339 e. The monoisotopic (exact) mass is 234 g/mol. The number of cyclic esters (lactones) is 1. The standard InChI is InChI=1S/C14H18O3/c1-3-4-5-10-6-11(8-16-2)13-12(7-10)9-17-14(13)15/h6-7H,3-5,8-9H2,1-2H3. The summed E-state index contributed by atoms with van der Waals surface area (Å²) in [7, 11) is 1.64. The van der Waals surface area contributed by atoms with Crippen LogP contribution in [0.4, 0.5) is 0 Å². The summed E-state index contributed by atoms with van der Waals surface area (Å²) in [6.07, 6.45) is 3.39. The lowest BCUT2D eigenvalue weighted by Gasteiger charge is -2.08. The molecule has 0 atom stereocenters. The molecule has 0 bridgehead atoms. The van der Waals surface area contributed by atoms with E-state index < -0.39 is 0 Å². The number of hydrogen-bond donors (Lipinski definition) is 0. The molecule has 3 heteroatoms. The maximum atomic E-state index is 11.6. The van der Waals surface area contributed by atoms with Gasteiger partial charge in [0.2, 0.25) is 0 Å². The number of esters is 1. The minimum Gasteiger partial charge on any atom is -0.457 e. The first-order valence-electron chi connectivity index (χ1n) is 6.07. The molecule has 0 N–H and O–H groups in total. The lowest BCUT2D eigenvalue weighted by atomic mass is 9.97. The number of carbonyl (C=O) groups is 1. The third kappa shape index (κ3) is 2.50. The highest BCUT2D eigenvalue weighted by atomic mass is 16.5. The Balaban J connectivity index is 2.34. The summed E-state index contributed by atoms with van der Waals surface area (Å²) in [4.78, 5) is 11.6. The van der Waals surface area contributed by atoms with Crippen molar-refractivity contribution >= 4 is 5.97 Å². The number of unbranched alkanes of at least 4 members (excludes halogenated alkanes) is 1. The van der Waals surface area contributed by atoms with Crippen LogP contribution in [0.3, 0.4) is 0 Å². The Bertz CT molecular complexity index is 424. The van der Waals surface area contributed by atoms with E-state index in [4.69, 9.17) is 9.47 Å². The average Bonchev–Trinajstić information content (AvgIpc) is 2.69. The van der Waals surface area contributed by atoms with Gasteiger partial charge in [0, 0.05) is 12.7 Å². The van der Waals surface area contributed by atoms with Crippen LogP contribution in [0, 0.1) is 0 Å². The summed E-state index contributed by atoms with van der Waals surface area (Å²) in [5.41, 5.74) is 3.96. The molecule has 0 amide bonds. The predicted molar refractivity (Wildman–Crippen MR) is 64.9 cm³/mol. The quantitative estimate of drug-likeness (QED) is 0.735. The maximum Gasteiger partial charge on any atom is 0.339 e. The fourth-order valence-electron chi connectivity index (χ4n) is 2.23. The van der Waals surface area contributed by atoms with E-state index in [-0.39, 0.29) is 5.97 Å². The van der Waals surface area contributed by atoms with E-state index in [2.05, 4.69) is 19.1 Å². The fourth-order valence-corrected chi connectivity index (χ4v) is 2.23. The van der Waals surface area contributed by atoms with Crippen molar-refractivity contribution in [1.29, 1.82) is 0 Å². The number of methoxy groups -OCH3 is 1. The normalized spacial score (nSPS) is 13.6. The Labute approximate surface area is 102 Å². The summed E-state index contributed by atoms with van der Waals surface area (Å²) in [6.45, 7) is 3.05. The van der Waals surface area contributed by atoms with Gasteiger partial charge in [-0.05, 0) is 24.0 Å². The van der Waals surface area contributed by atoms with Crippen molar-refractivity contribution < 1.29 is 14.3 Å². The molecule has 0 radical (unpaired) electrons. The van der Waals surface area contributed by atoms with Crippen LogP contribution in [0.25, 0.3) is 0 Å². The molecule has 1 aromatic carbocycles. The second-order valence-electron chi connectivity index (χ2n) is 4.40. The van der Waals surface area contributed by atoms with Gasteiger partial charge in [-0.15, -0.1) is 0 Å². The highest BCUT2D eigenvalue weighted by Crippen LogP contribution is 2.26. The highest BCUT2D eigenvalue weighted by molar-refractivity contribution is 5.95. The third-order valence-corrected chi connectivity index (χ3v) is 3.04. The first kappa shape index (κ1) is 12.1. The van der Waals surface area contributed by atoms with E-state index in [1.165, 1.54) is 18.4 Å². The maximum absolute atomic E-state index is 11.6. The number of fused-ring (bicyclic) bond motifs is 1. The highest BCUT2D eigenvalue weighted by Gasteiger charge is 2.25. The van der Waals surface area contributed by atoms with Crippen molar-refractivity contribution in [2.75, 3.05) is 7.11 Å². The zero-order chi connectivity index (χ0) is 12.3. The lowest BCUT2D eigenvalue weighted by molar-refractivity contribution is 0.0532. The molecule has 0 aliphatic carbocycles. The molecule has 0 spiro atoms. The molecule has 0 aromatic heterocycles. The second-order valence-corrected chi connectivity index (χ2v) is 4.40. The van der Waals surface area contributed by atoms with Crippen LogP contribution in [-0.2, 0) is 29.1 Å². The summed E-state index contributed by atoms with van der Waals surface area (Å²) in [5.74, 6) is -0.214. The lowest BCUT2D eigenvalue weighted by Crippen LogP contribution is -2.03. The average molecular weight is 234 g/mol. The van der Waals surface area contributed by atoms with Gasteiger partial charge in [-0.2, -0.15) is 0 Å². The molecule has 92 valence electrons. The molecule has 3 nitrogen and oxygen atoms in total. The van der Waals surface area contributed by atoms with Crippen LogP contribution in [0.5, 0.6) is 0 Å². The van der Waals surface area contributed by atoms with E-state index in [0.29, 0.717) is 18.8 Å². The molecule has 0 saturated carbocycles. The molecule has 2 rings (SSSR count). The minimum atomic E-state index is -0.214. The number of carbonyl (C=O) groups excluding carboxylic acids is 1.